The van der Waals surface area contributed by atoms with E-state index in [1.165, 1.54) is 5.56 Å². The number of carbonyl (C=O) groups excluding carboxylic acids is 1. The minimum atomic E-state index is -0.0184. The molecule has 0 bridgehead atoms. The summed E-state index contributed by atoms with van der Waals surface area (Å²) in [5, 5.41) is 7.93. The van der Waals surface area contributed by atoms with Gasteiger partial charge in [-0.05, 0) is 18.1 Å². The highest BCUT2D eigenvalue weighted by Gasteiger charge is 2.40. The van der Waals surface area contributed by atoms with Crippen molar-refractivity contribution in [3.63, 3.8) is 0 Å². The molecule has 0 aliphatic carbocycles. The van der Waals surface area contributed by atoms with Gasteiger partial charge in [-0.1, -0.05) is 30.3 Å². The van der Waals surface area contributed by atoms with E-state index in [0.29, 0.717) is 13.0 Å². The summed E-state index contributed by atoms with van der Waals surface area (Å²) < 4.78 is 7.26. The maximum Gasteiger partial charge on any atom is 0.224 e. The van der Waals surface area contributed by atoms with Crippen molar-refractivity contribution in [1.82, 2.24) is 20.0 Å². The van der Waals surface area contributed by atoms with Crippen molar-refractivity contribution in [2.75, 3.05) is 20.8 Å². The van der Waals surface area contributed by atoms with Crippen LogP contribution < -0.4 is 5.32 Å². The second-order valence-corrected chi connectivity index (χ2v) is 6.65. The molecule has 1 N–H and O–H groups in total. The summed E-state index contributed by atoms with van der Waals surface area (Å²) in [6.07, 6.45) is 3.13. The molecule has 25 heavy (non-hydrogen) atoms. The summed E-state index contributed by atoms with van der Waals surface area (Å²) >= 11 is 0. The second kappa shape index (κ2) is 7.80. The highest BCUT2D eigenvalue weighted by atomic mass is 16.5. The zero-order valence-electron chi connectivity index (χ0n) is 15.1. The van der Waals surface area contributed by atoms with Crippen molar-refractivity contribution in [2.45, 2.75) is 31.0 Å². The van der Waals surface area contributed by atoms with Crippen molar-refractivity contribution < 1.29 is 9.53 Å². The van der Waals surface area contributed by atoms with Crippen molar-refractivity contribution in [2.24, 2.45) is 7.05 Å². The average Bonchev–Trinajstić information content (AvgIpc) is 3.12. The van der Waals surface area contributed by atoms with Gasteiger partial charge in [-0.3, -0.25) is 9.48 Å². The van der Waals surface area contributed by atoms with Crippen LogP contribution in [-0.4, -0.2) is 53.4 Å². The topological polar surface area (TPSA) is 59.4 Å². The summed E-state index contributed by atoms with van der Waals surface area (Å²) in [4.78, 5) is 14.1. The molecule has 6 nitrogen and oxygen atoms in total. The summed E-state index contributed by atoms with van der Waals surface area (Å²) in [7, 11) is 5.49. The highest BCUT2D eigenvalue weighted by Crippen LogP contribution is 2.32. The fraction of sp³-hybridized carbons (Fsp3) is 0.474. The number of likely N-dealkylation sites (tertiary alicyclic amines) is 1. The zero-order valence-corrected chi connectivity index (χ0v) is 15.1. The van der Waals surface area contributed by atoms with Gasteiger partial charge in [-0.25, -0.2) is 0 Å². The normalized spacial score (nSPS) is 21.7. The van der Waals surface area contributed by atoms with Crippen molar-refractivity contribution in [3.05, 3.63) is 53.9 Å². The number of nitrogens with zero attached hydrogens (tertiary/aromatic N) is 3. The molecule has 0 saturated carbocycles. The fourth-order valence-electron chi connectivity index (χ4n) is 3.67. The summed E-state index contributed by atoms with van der Waals surface area (Å²) in [6, 6.07) is 12.5. The number of nitrogens with one attached hydrogen (secondary N) is 1. The second-order valence-electron chi connectivity index (χ2n) is 6.65. The number of hydrogen-bond acceptors (Lipinski definition) is 4. The Morgan fingerprint density at radius 3 is 2.68 bits per heavy atom. The third-order valence-corrected chi connectivity index (χ3v) is 4.89. The van der Waals surface area contributed by atoms with Gasteiger partial charge in [0.1, 0.15) is 0 Å². The first-order valence-corrected chi connectivity index (χ1v) is 8.62. The summed E-state index contributed by atoms with van der Waals surface area (Å²) in [5.41, 5.74) is 2.30. The Morgan fingerprint density at radius 2 is 2.04 bits per heavy atom. The van der Waals surface area contributed by atoms with E-state index in [1.54, 1.807) is 13.3 Å². The van der Waals surface area contributed by atoms with Gasteiger partial charge < -0.3 is 15.0 Å². The van der Waals surface area contributed by atoms with Crippen LogP contribution in [0.3, 0.4) is 0 Å². The molecular formula is C19H26N4O2. The van der Waals surface area contributed by atoms with Crippen LogP contribution in [0.1, 0.15) is 23.7 Å². The molecule has 1 aliphatic rings. The number of carbonyl (C=O) groups is 1. The van der Waals surface area contributed by atoms with Crippen LogP contribution in [0.2, 0.25) is 0 Å². The van der Waals surface area contributed by atoms with E-state index in [0.717, 1.165) is 12.1 Å². The molecule has 0 radical (unpaired) electrons. The van der Waals surface area contributed by atoms with Crippen LogP contribution in [0.4, 0.5) is 0 Å². The lowest BCUT2D eigenvalue weighted by molar-refractivity contribution is -0.127. The number of amides is 1. The SMILES string of the molecule is COCC(Cc1ccccc1)N[C@@H]1CC(=O)N(C)[C@H]1c1ccnn1C. The molecule has 2 aromatic rings. The zero-order chi connectivity index (χ0) is 17.8. The van der Waals surface area contributed by atoms with Gasteiger partial charge in [0.2, 0.25) is 5.91 Å². The number of aromatic nitrogens is 2. The van der Waals surface area contributed by atoms with E-state index in [1.807, 2.05) is 47.9 Å². The Labute approximate surface area is 148 Å². The first-order chi connectivity index (χ1) is 12.1. The molecule has 1 aromatic carbocycles. The molecule has 0 spiro atoms. The van der Waals surface area contributed by atoms with E-state index in [9.17, 15) is 4.79 Å². The van der Waals surface area contributed by atoms with Crippen molar-refractivity contribution in [3.8, 4) is 0 Å². The van der Waals surface area contributed by atoms with Gasteiger partial charge in [-0.15, -0.1) is 0 Å². The predicted octanol–water partition coefficient (Wildman–Crippen LogP) is 1.54. The number of methoxy groups -OCH3 is 1. The smallest absolute Gasteiger partial charge is 0.224 e. The van der Waals surface area contributed by atoms with Crippen LogP contribution in [0.25, 0.3) is 0 Å². The molecule has 134 valence electrons. The van der Waals surface area contributed by atoms with E-state index >= 15 is 0 Å². The van der Waals surface area contributed by atoms with Gasteiger partial charge >= 0.3 is 0 Å². The van der Waals surface area contributed by atoms with Crippen molar-refractivity contribution in [1.29, 1.82) is 0 Å². The van der Waals surface area contributed by atoms with E-state index in [-0.39, 0.29) is 24.0 Å². The third kappa shape index (κ3) is 3.91. The standard InChI is InChI=1S/C19H26N4O2/c1-22-18(24)12-16(19(22)17-9-10-20-23(17)2)21-15(13-25-3)11-14-7-5-4-6-8-14/h4-10,15-16,19,21H,11-13H2,1-3H3/t15?,16-,19-/m1/s1. The van der Waals surface area contributed by atoms with Crippen LogP contribution >= 0.6 is 0 Å². The maximum absolute atomic E-state index is 12.3. The molecular weight excluding hydrogens is 316 g/mol. The van der Waals surface area contributed by atoms with Crippen molar-refractivity contribution >= 4 is 5.91 Å². The monoisotopic (exact) mass is 342 g/mol. The molecule has 1 saturated heterocycles. The molecule has 1 unspecified atom stereocenters. The molecule has 1 aromatic heterocycles. The fourth-order valence-corrected chi connectivity index (χ4v) is 3.67. The lowest BCUT2D eigenvalue weighted by atomic mass is 10.0. The van der Waals surface area contributed by atoms with Crippen LogP contribution in [0, 0.1) is 0 Å². The molecule has 1 amide bonds. The lowest BCUT2D eigenvalue weighted by Gasteiger charge is -2.29. The summed E-state index contributed by atoms with van der Waals surface area (Å²) in [5.74, 6) is 0.152. The Morgan fingerprint density at radius 1 is 1.28 bits per heavy atom. The minimum absolute atomic E-state index is 0.0184. The Kier molecular flexibility index (Phi) is 5.50. The van der Waals surface area contributed by atoms with E-state index < -0.39 is 0 Å². The van der Waals surface area contributed by atoms with Gasteiger partial charge in [0.05, 0.1) is 18.3 Å². The quantitative estimate of drug-likeness (QED) is 0.829. The minimum Gasteiger partial charge on any atom is -0.383 e. The lowest BCUT2D eigenvalue weighted by Crippen LogP contribution is -2.45. The van der Waals surface area contributed by atoms with Gasteiger partial charge in [0.15, 0.2) is 0 Å². The van der Waals surface area contributed by atoms with Crippen LogP contribution in [0.5, 0.6) is 0 Å². The maximum atomic E-state index is 12.3. The Bertz CT molecular complexity index is 700. The predicted molar refractivity (Wildman–Crippen MR) is 96.1 cm³/mol. The molecule has 2 heterocycles. The molecule has 1 aliphatic heterocycles. The Hall–Kier alpha value is -2.18. The number of hydrogen-bond donors (Lipinski definition) is 1. The number of ether oxygens (including phenoxy) is 1. The van der Waals surface area contributed by atoms with E-state index in [2.05, 4.69) is 22.5 Å². The third-order valence-electron chi connectivity index (χ3n) is 4.89. The number of rotatable bonds is 7. The Balaban J connectivity index is 1.77. The van der Waals surface area contributed by atoms with Gasteiger partial charge in [-0.2, -0.15) is 5.10 Å². The molecule has 3 rings (SSSR count). The van der Waals surface area contributed by atoms with Gasteiger partial charge in [0, 0.05) is 45.9 Å². The molecule has 1 fully saturated rings. The number of likely N-dealkylation sites (N-methyl/N-ethyl adjacent to an activating group) is 1. The largest absolute Gasteiger partial charge is 0.383 e. The first-order valence-electron chi connectivity index (χ1n) is 8.62. The summed E-state index contributed by atoms with van der Waals surface area (Å²) in [6.45, 7) is 0.599. The average molecular weight is 342 g/mol. The van der Waals surface area contributed by atoms with Crippen LogP contribution in [0.15, 0.2) is 42.6 Å². The first kappa shape index (κ1) is 17.6. The molecule has 3 atom stereocenters. The van der Waals surface area contributed by atoms with Crippen LogP contribution in [-0.2, 0) is 23.0 Å². The number of aryl methyl sites for hydroxylation is 1. The van der Waals surface area contributed by atoms with Gasteiger partial charge in [0.25, 0.3) is 0 Å². The van der Waals surface area contributed by atoms with E-state index in [4.69, 9.17) is 4.74 Å². The number of benzene rings is 1. The highest BCUT2D eigenvalue weighted by molar-refractivity contribution is 5.80. The molecule has 6 heteroatoms.